The quantitative estimate of drug-likeness (QED) is 0.434. The smallest absolute Gasteiger partial charge is 0.326 e. The number of aromatic nitrogens is 1. The molecule has 1 aliphatic rings. The summed E-state index contributed by atoms with van der Waals surface area (Å²) in [6, 6.07) is 18.5. The van der Waals surface area contributed by atoms with Crippen LogP contribution in [0.15, 0.2) is 71.8 Å². The highest BCUT2D eigenvalue weighted by molar-refractivity contribution is 8.25. The van der Waals surface area contributed by atoms with Crippen molar-refractivity contribution < 1.29 is 19.4 Å². The molecule has 34 heavy (non-hydrogen) atoms. The van der Waals surface area contributed by atoms with Crippen LogP contribution in [0.25, 0.3) is 17.3 Å². The zero-order valence-electron chi connectivity index (χ0n) is 18.8. The number of carboxylic acids is 1. The first-order valence-corrected chi connectivity index (χ1v) is 11.8. The molecule has 8 heteroatoms. The highest BCUT2D eigenvalue weighted by atomic mass is 32.2. The predicted octanol–water partition coefficient (Wildman–Crippen LogP) is 5.14. The van der Waals surface area contributed by atoms with Crippen LogP contribution in [0.5, 0.6) is 11.5 Å². The molecule has 0 amide bonds. The molecule has 0 radical (unpaired) electrons. The van der Waals surface area contributed by atoms with Crippen molar-refractivity contribution in [3.05, 3.63) is 82.9 Å². The third kappa shape index (κ3) is 5.40. The number of thiocarbonyl (C=S) groups is 1. The van der Waals surface area contributed by atoms with Gasteiger partial charge in [-0.3, -0.25) is 4.98 Å². The number of aliphatic carboxylic acids is 1. The summed E-state index contributed by atoms with van der Waals surface area (Å²) in [5.41, 5.74) is 3.62. The largest absolute Gasteiger partial charge is 0.493 e. The van der Waals surface area contributed by atoms with Gasteiger partial charge in [-0.15, -0.1) is 0 Å². The molecule has 4 rings (SSSR count). The van der Waals surface area contributed by atoms with Gasteiger partial charge >= 0.3 is 5.97 Å². The van der Waals surface area contributed by atoms with E-state index in [0.29, 0.717) is 28.8 Å². The Kier molecular flexibility index (Phi) is 7.49. The van der Waals surface area contributed by atoms with E-state index in [9.17, 15) is 9.90 Å². The summed E-state index contributed by atoms with van der Waals surface area (Å²) >= 11 is 6.95. The number of carbonyl (C=O) groups is 1. The second-order valence-electron chi connectivity index (χ2n) is 7.70. The molecule has 1 saturated heterocycles. The van der Waals surface area contributed by atoms with Gasteiger partial charge in [-0.2, -0.15) is 0 Å². The maximum Gasteiger partial charge on any atom is 0.326 e. The van der Waals surface area contributed by atoms with Crippen molar-refractivity contribution in [2.24, 2.45) is 0 Å². The molecule has 3 aromatic rings. The van der Waals surface area contributed by atoms with E-state index in [1.807, 2.05) is 66.7 Å². The van der Waals surface area contributed by atoms with Crippen LogP contribution in [0.4, 0.5) is 0 Å². The number of benzene rings is 2. The first-order chi connectivity index (χ1) is 16.5. The van der Waals surface area contributed by atoms with Crippen LogP contribution in [-0.4, -0.2) is 52.1 Å². The average Bonchev–Trinajstić information content (AvgIpc) is 3.22. The van der Waals surface area contributed by atoms with Crippen molar-refractivity contribution in [2.45, 2.75) is 12.5 Å². The lowest BCUT2D eigenvalue weighted by atomic mass is 10.0. The maximum absolute atomic E-state index is 12.0. The summed E-state index contributed by atoms with van der Waals surface area (Å²) in [6.45, 7) is 0.463. The van der Waals surface area contributed by atoms with Gasteiger partial charge in [0.1, 0.15) is 10.4 Å². The minimum atomic E-state index is -0.881. The second kappa shape index (κ2) is 10.7. The number of nitrogens with zero attached hydrogens (tertiary/aromatic N) is 2. The van der Waals surface area contributed by atoms with Gasteiger partial charge < -0.3 is 19.5 Å². The van der Waals surface area contributed by atoms with E-state index in [-0.39, 0.29) is 0 Å². The van der Waals surface area contributed by atoms with Crippen LogP contribution in [0.1, 0.15) is 11.1 Å². The topological polar surface area (TPSA) is 71.9 Å². The van der Waals surface area contributed by atoms with E-state index >= 15 is 0 Å². The summed E-state index contributed by atoms with van der Waals surface area (Å²) in [6.07, 6.45) is 4.19. The van der Waals surface area contributed by atoms with Gasteiger partial charge in [-0.05, 0) is 41.5 Å². The van der Waals surface area contributed by atoms with Gasteiger partial charge in [0.25, 0.3) is 0 Å². The zero-order valence-corrected chi connectivity index (χ0v) is 20.4. The summed E-state index contributed by atoms with van der Waals surface area (Å²) in [5, 5.41) is 9.84. The van der Waals surface area contributed by atoms with Crippen molar-refractivity contribution in [3.63, 3.8) is 0 Å². The number of hydrogen-bond acceptors (Lipinski definition) is 6. The Morgan fingerprint density at radius 1 is 1.15 bits per heavy atom. The number of ether oxygens (including phenoxy) is 2. The second-order valence-corrected chi connectivity index (χ2v) is 9.46. The van der Waals surface area contributed by atoms with Crippen LogP contribution in [0, 0.1) is 0 Å². The van der Waals surface area contributed by atoms with Crippen LogP contribution in [-0.2, 0) is 11.2 Å². The van der Waals surface area contributed by atoms with Crippen molar-refractivity contribution >= 4 is 40.3 Å². The fourth-order valence-electron chi connectivity index (χ4n) is 3.76. The molecule has 1 aliphatic heterocycles. The minimum absolute atomic E-state index is 0.395. The summed E-state index contributed by atoms with van der Waals surface area (Å²) in [5.74, 6) is 0.430. The van der Waals surface area contributed by atoms with Crippen LogP contribution < -0.4 is 9.47 Å². The molecule has 174 valence electrons. The molecule has 0 unspecified atom stereocenters. The van der Waals surface area contributed by atoms with Crippen molar-refractivity contribution in [1.82, 2.24) is 9.88 Å². The molecular weight excluding hydrogens is 468 g/mol. The lowest BCUT2D eigenvalue weighted by molar-refractivity contribution is -0.141. The number of carboxylic acid groups (broad SMARTS) is 1. The molecule has 2 aromatic carbocycles. The number of methoxy groups -OCH3 is 2. The standard InChI is InChI=1S/C26H24N2O4S2/c1-31-23-11-9-19(14-24(23)32-2)21-10-8-18(15-27-21)12-20-16-28(26(33)34-20)22(25(29)30)13-17-6-4-3-5-7-17/h3-12,14-15,22H,13,16H2,1-2H3,(H,29,30)/b20-12-/t22-/m0/s1. The highest BCUT2D eigenvalue weighted by Crippen LogP contribution is 2.34. The fourth-order valence-corrected chi connectivity index (χ4v) is 5.20. The normalized spacial score (nSPS) is 15.4. The van der Waals surface area contributed by atoms with Gasteiger partial charge in [0.2, 0.25) is 0 Å². The van der Waals surface area contributed by atoms with Gasteiger partial charge in [0.15, 0.2) is 11.5 Å². The average molecular weight is 493 g/mol. The first-order valence-electron chi connectivity index (χ1n) is 10.6. The van der Waals surface area contributed by atoms with Crippen LogP contribution >= 0.6 is 24.0 Å². The molecule has 0 bridgehead atoms. The van der Waals surface area contributed by atoms with E-state index in [0.717, 1.165) is 27.3 Å². The Hall–Kier alpha value is -3.36. The Morgan fingerprint density at radius 3 is 2.56 bits per heavy atom. The predicted molar refractivity (Wildman–Crippen MR) is 139 cm³/mol. The van der Waals surface area contributed by atoms with E-state index in [1.54, 1.807) is 25.3 Å². The highest BCUT2D eigenvalue weighted by Gasteiger charge is 2.33. The first kappa shape index (κ1) is 23.8. The molecular formula is C26H24N2O4S2. The van der Waals surface area contributed by atoms with Gasteiger partial charge in [0, 0.05) is 23.1 Å². The summed E-state index contributed by atoms with van der Waals surface area (Å²) in [4.78, 5) is 19.4. The lowest BCUT2D eigenvalue weighted by Gasteiger charge is -2.25. The number of hydrogen-bond donors (Lipinski definition) is 1. The van der Waals surface area contributed by atoms with E-state index in [2.05, 4.69) is 4.98 Å². The molecule has 0 spiro atoms. The van der Waals surface area contributed by atoms with Crippen molar-refractivity contribution in [1.29, 1.82) is 0 Å². The van der Waals surface area contributed by atoms with Gasteiger partial charge in [-0.1, -0.05) is 60.4 Å². The van der Waals surface area contributed by atoms with E-state index < -0.39 is 12.0 Å². The molecule has 1 aromatic heterocycles. The zero-order chi connectivity index (χ0) is 24.1. The van der Waals surface area contributed by atoms with Crippen molar-refractivity contribution in [3.8, 4) is 22.8 Å². The fraction of sp³-hybridized carbons (Fsp3) is 0.192. The number of thioether (sulfide) groups is 1. The third-order valence-electron chi connectivity index (χ3n) is 5.51. The van der Waals surface area contributed by atoms with Gasteiger partial charge in [-0.25, -0.2) is 4.79 Å². The molecule has 1 N–H and O–H groups in total. The summed E-state index contributed by atoms with van der Waals surface area (Å²) in [7, 11) is 3.21. The Morgan fingerprint density at radius 2 is 1.91 bits per heavy atom. The third-order valence-corrected chi connectivity index (χ3v) is 6.91. The monoisotopic (exact) mass is 492 g/mol. The Bertz CT molecular complexity index is 1210. The van der Waals surface area contributed by atoms with Crippen molar-refractivity contribution in [2.75, 3.05) is 20.8 Å². The SMILES string of the molecule is COc1ccc(-c2ccc(/C=C3/CN([C@@H](Cc4ccccc4)C(=O)O)C(=S)S3)cn2)cc1OC. The molecule has 0 aliphatic carbocycles. The molecule has 2 heterocycles. The van der Waals surface area contributed by atoms with Crippen LogP contribution in [0.3, 0.4) is 0 Å². The number of rotatable bonds is 8. The summed E-state index contributed by atoms with van der Waals surface area (Å²) < 4.78 is 11.3. The van der Waals surface area contributed by atoms with E-state index in [1.165, 1.54) is 11.8 Å². The number of pyridine rings is 1. The van der Waals surface area contributed by atoms with Gasteiger partial charge in [0.05, 0.1) is 26.5 Å². The Labute approximate surface area is 208 Å². The molecule has 1 atom stereocenters. The van der Waals surface area contributed by atoms with E-state index in [4.69, 9.17) is 21.7 Å². The molecule has 6 nitrogen and oxygen atoms in total. The molecule has 0 saturated carbocycles. The van der Waals surface area contributed by atoms with Crippen LogP contribution in [0.2, 0.25) is 0 Å². The lowest BCUT2D eigenvalue weighted by Crippen LogP contribution is -2.42. The molecule has 1 fully saturated rings. The maximum atomic E-state index is 12.0. The Balaban J connectivity index is 1.49. The minimum Gasteiger partial charge on any atom is -0.493 e.